The smallest absolute Gasteiger partial charge is 0.311 e. The number of esters is 1. The molecule has 0 bridgehead atoms. The van der Waals surface area contributed by atoms with Gasteiger partial charge in [0.15, 0.2) is 4.96 Å². The first-order valence-electron chi connectivity index (χ1n) is 6.62. The minimum atomic E-state index is -0.227. The first kappa shape index (κ1) is 13.1. The highest BCUT2D eigenvalue weighted by molar-refractivity contribution is 7.23. The number of carbonyl (C=O) groups excluding carboxylic acids is 1. The van der Waals surface area contributed by atoms with Crippen molar-refractivity contribution in [2.75, 3.05) is 6.61 Å². The summed E-state index contributed by atoms with van der Waals surface area (Å²) in [6, 6.07) is 4.36. The van der Waals surface area contributed by atoms with Gasteiger partial charge in [0, 0.05) is 6.20 Å². The summed E-state index contributed by atoms with van der Waals surface area (Å²) in [5, 5.41) is 0. The molecule has 0 aliphatic heterocycles. The number of ether oxygens (including phenoxy) is 1. The Morgan fingerprint density at radius 1 is 1.35 bits per heavy atom. The molecule has 0 aliphatic carbocycles. The van der Waals surface area contributed by atoms with Crippen molar-refractivity contribution in [1.82, 2.24) is 9.38 Å². The first-order chi connectivity index (χ1) is 9.58. The Bertz CT molecular complexity index is 801. The summed E-state index contributed by atoms with van der Waals surface area (Å²) in [7, 11) is 0. The maximum Gasteiger partial charge on any atom is 0.311 e. The largest absolute Gasteiger partial charge is 0.466 e. The van der Waals surface area contributed by atoms with Crippen LogP contribution < -0.4 is 0 Å². The number of imidazole rings is 1. The average molecular weight is 288 g/mol. The zero-order chi connectivity index (χ0) is 14.3. The number of hydrogen-bond acceptors (Lipinski definition) is 4. The van der Waals surface area contributed by atoms with Gasteiger partial charge in [-0.2, -0.15) is 0 Å². The van der Waals surface area contributed by atoms with Gasteiger partial charge in [0.1, 0.15) is 0 Å². The van der Waals surface area contributed by atoms with Gasteiger partial charge in [-0.15, -0.1) is 0 Å². The first-order valence-corrected chi connectivity index (χ1v) is 7.43. The van der Waals surface area contributed by atoms with E-state index >= 15 is 0 Å². The summed E-state index contributed by atoms with van der Waals surface area (Å²) in [6.45, 7) is 6.43. The maximum atomic E-state index is 11.5. The van der Waals surface area contributed by atoms with Gasteiger partial charge in [0.2, 0.25) is 0 Å². The number of thiazole rings is 1. The second-order valence-electron chi connectivity index (χ2n) is 4.87. The lowest BCUT2D eigenvalue weighted by Gasteiger charge is -2.00. The quantitative estimate of drug-likeness (QED) is 0.695. The van der Waals surface area contributed by atoms with Crippen LogP contribution in [-0.4, -0.2) is 22.0 Å². The molecule has 3 aromatic rings. The number of nitrogens with zero attached hydrogens (tertiary/aromatic N) is 2. The van der Waals surface area contributed by atoms with E-state index in [-0.39, 0.29) is 12.4 Å². The fraction of sp³-hybridized carbons (Fsp3) is 0.333. The van der Waals surface area contributed by atoms with Crippen LogP contribution in [-0.2, 0) is 16.0 Å². The summed E-state index contributed by atoms with van der Waals surface area (Å²) in [4.78, 5) is 16.9. The predicted octanol–water partition coefficient (Wildman–Crippen LogP) is 3.27. The Balaban J connectivity index is 2.04. The molecule has 3 rings (SSSR count). The zero-order valence-electron chi connectivity index (χ0n) is 11.8. The predicted molar refractivity (Wildman–Crippen MR) is 80.4 cm³/mol. The van der Waals surface area contributed by atoms with Crippen LogP contribution in [0.1, 0.15) is 23.7 Å². The van der Waals surface area contributed by atoms with Crippen molar-refractivity contribution in [3.8, 4) is 0 Å². The molecule has 1 aromatic carbocycles. The SMILES string of the molecule is CCOC(=O)Cc1cn2c(n1)sc1cc(C)c(C)cc12. The summed E-state index contributed by atoms with van der Waals surface area (Å²) in [5.41, 5.74) is 4.46. The fourth-order valence-corrected chi connectivity index (χ4v) is 3.35. The van der Waals surface area contributed by atoms with E-state index in [1.165, 1.54) is 15.8 Å². The molecule has 0 N–H and O–H groups in total. The van der Waals surface area contributed by atoms with Gasteiger partial charge in [-0.25, -0.2) is 4.98 Å². The molecule has 5 heteroatoms. The van der Waals surface area contributed by atoms with Gasteiger partial charge in [0.05, 0.1) is 28.9 Å². The second kappa shape index (κ2) is 4.90. The summed E-state index contributed by atoms with van der Waals surface area (Å²) < 4.78 is 8.23. The maximum absolute atomic E-state index is 11.5. The highest BCUT2D eigenvalue weighted by Crippen LogP contribution is 2.28. The van der Waals surface area contributed by atoms with Crippen molar-refractivity contribution in [2.24, 2.45) is 0 Å². The molecule has 0 saturated carbocycles. The van der Waals surface area contributed by atoms with Crippen LogP contribution >= 0.6 is 11.3 Å². The lowest BCUT2D eigenvalue weighted by molar-refractivity contribution is -0.142. The van der Waals surface area contributed by atoms with E-state index in [1.807, 2.05) is 13.1 Å². The van der Waals surface area contributed by atoms with E-state index in [2.05, 4.69) is 35.4 Å². The van der Waals surface area contributed by atoms with E-state index in [0.717, 1.165) is 16.2 Å². The van der Waals surface area contributed by atoms with Crippen LogP contribution in [0.15, 0.2) is 18.3 Å². The molecule has 2 aromatic heterocycles. The Morgan fingerprint density at radius 3 is 2.85 bits per heavy atom. The van der Waals surface area contributed by atoms with Crippen molar-refractivity contribution in [3.63, 3.8) is 0 Å². The van der Waals surface area contributed by atoms with Crippen LogP contribution in [0.4, 0.5) is 0 Å². The molecule has 2 heterocycles. The number of aromatic nitrogens is 2. The molecule has 0 spiro atoms. The number of hydrogen-bond donors (Lipinski definition) is 0. The van der Waals surface area contributed by atoms with Crippen LogP contribution in [0.2, 0.25) is 0 Å². The third kappa shape index (κ3) is 2.18. The Labute approximate surface area is 121 Å². The molecular weight excluding hydrogens is 272 g/mol. The molecule has 0 radical (unpaired) electrons. The standard InChI is InChI=1S/C15H16N2O2S/c1-4-19-14(18)7-11-8-17-12-5-9(2)10(3)6-13(12)20-15(17)16-11/h5-6,8H,4,7H2,1-3H3. The van der Waals surface area contributed by atoms with E-state index in [9.17, 15) is 4.79 Å². The third-order valence-corrected chi connectivity index (χ3v) is 4.41. The molecular formula is C15H16N2O2S. The van der Waals surface area contributed by atoms with Crippen LogP contribution in [0, 0.1) is 13.8 Å². The molecule has 20 heavy (non-hydrogen) atoms. The molecule has 0 saturated heterocycles. The van der Waals surface area contributed by atoms with Gasteiger partial charge in [-0.05, 0) is 44.0 Å². The van der Waals surface area contributed by atoms with Crippen molar-refractivity contribution in [2.45, 2.75) is 27.2 Å². The highest BCUT2D eigenvalue weighted by atomic mass is 32.1. The molecule has 104 valence electrons. The minimum Gasteiger partial charge on any atom is -0.466 e. The van der Waals surface area contributed by atoms with Gasteiger partial charge in [-0.1, -0.05) is 11.3 Å². The number of fused-ring (bicyclic) bond motifs is 3. The molecule has 0 unspecified atom stereocenters. The lowest BCUT2D eigenvalue weighted by Crippen LogP contribution is -2.07. The molecule has 0 atom stereocenters. The van der Waals surface area contributed by atoms with Gasteiger partial charge < -0.3 is 4.74 Å². The lowest BCUT2D eigenvalue weighted by atomic mass is 10.1. The average Bonchev–Trinajstić information content (AvgIpc) is 2.88. The van der Waals surface area contributed by atoms with Crippen molar-refractivity contribution < 1.29 is 9.53 Å². The number of benzene rings is 1. The summed E-state index contributed by atoms with van der Waals surface area (Å²) in [6.07, 6.45) is 2.16. The van der Waals surface area contributed by atoms with Gasteiger partial charge in [0.25, 0.3) is 0 Å². The summed E-state index contributed by atoms with van der Waals surface area (Å²) >= 11 is 1.65. The molecule has 0 amide bonds. The second-order valence-corrected chi connectivity index (χ2v) is 5.88. The zero-order valence-corrected chi connectivity index (χ0v) is 12.6. The van der Waals surface area contributed by atoms with E-state index in [1.54, 1.807) is 11.3 Å². The number of carbonyl (C=O) groups is 1. The monoisotopic (exact) mass is 288 g/mol. The van der Waals surface area contributed by atoms with Gasteiger partial charge >= 0.3 is 5.97 Å². The van der Waals surface area contributed by atoms with Crippen molar-refractivity contribution in [3.05, 3.63) is 35.2 Å². The van der Waals surface area contributed by atoms with E-state index < -0.39 is 0 Å². The minimum absolute atomic E-state index is 0.227. The topological polar surface area (TPSA) is 43.6 Å². The van der Waals surface area contributed by atoms with Crippen LogP contribution in [0.3, 0.4) is 0 Å². The van der Waals surface area contributed by atoms with Gasteiger partial charge in [-0.3, -0.25) is 9.20 Å². The van der Waals surface area contributed by atoms with E-state index in [4.69, 9.17) is 4.74 Å². The van der Waals surface area contributed by atoms with Crippen molar-refractivity contribution in [1.29, 1.82) is 0 Å². The molecule has 0 fully saturated rings. The van der Waals surface area contributed by atoms with Crippen LogP contribution in [0.25, 0.3) is 15.2 Å². The van der Waals surface area contributed by atoms with E-state index in [0.29, 0.717) is 6.61 Å². The number of aryl methyl sites for hydroxylation is 2. The Kier molecular flexibility index (Phi) is 3.22. The normalized spacial score (nSPS) is 11.3. The molecule has 0 aliphatic rings. The van der Waals surface area contributed by atoms with Crippen LogP contribution in [0.5, 0.6) is 0 Å². The van der Waals surface area contributed by atoms with Crippen molar-refractivity contribution >= 4 is 32.5 Å². The third-order valence-electron chi connectivity index (χ3n) is 3.39. The Hall–Kier alpha value is -1.88. The molecule has 4 nitrogen and oxygen atoms in total. The Morgan fingerprint density at radius 2 is 2.10 bits per heavy atom. The fourth-order valence-electron chi connectivity index (χ4n) is 2.24. The number of rotatable bonds is 3. The highest BCUT2D eigenvalue weighted by Gasteiger charge is 2.12. The summed E-state index contributed by atoms with van der Waals surface area (Å²) in [5.74, 6) is -0.227.